The molecule has 0 unspecified atom stereocenters. The maximum absolute atomic E-state index is 14.5. The lowest BCUT2D eigenvalue weighted by molar-refractivity contribution is -0.143. The number of ether oxygens (including phenoxy) is 2. The molecule has 0 aliphatic carbocycles. The minimum absolute atomic E-state index is 0.0277. The molecule has 6 nitrogen and oxygen atoms in total. The number of benzene rings is 2. The summed E-state index contributed by atoms with van der Waals surface area (Å²) in [6, 6.07) is 15.9. The van der Waals surface area contributed by atoms with Crippen LogP contribution in [0.5, 0.6) is 5.75 Å². The number of fused-ring (bicyclic) bond motifs is 1. The van der Waals surface area contributed by atoms with E-state index in [-0.39, 0.29) is 54.1 Å². The summed E-state index contributed by atoms with van der Waals surface area (Å²) in [6.07, 6.45) is 1.55. The first-order valence-electron chi connectivity index (χ1n) is 11.1. The lowest BCUT2D eigenvalue weighted by Gasteiger charge is -2.14. The third-order valence-corrected chi connectivity index (χ3v) is 5.30. The van der Waals surface area contributed by atoms with E-state index in [2.05, 4.69) is 9.97 Å². The zero-order chi connectivity index (χ0) is 24.8. The van der Waals surface area contributed by atoms with E-state index in [4.69, 9.17) is 9.47 Å². The SMILES string of the molecule is CCOC(=O)CCC(=O)c1nc2c(-c3c(F)cncc3F)cccc2cc1OCc1ccccc1. The van der Waals surface area contributed by atoms with Crippen LogP contribution >= 0.6 is 0 Å². The molecule has 0 bridgehead atoms. The number of aromatic nitrogens is 2. The molecule has 0 aliphatic rings. The topological polar surface area (TPSA) is 78.4 Å². The van der Waals surface area contributed by atoms with Gasteiger partial charge in [0.1, 0.15) is 18.1 Å². The number of pyridine rings is 2. The smallest absolute Gasteiger partial charge is 0.306 e. The molecule has 0 saturated heterocycles. The predicted molar refractivity (Wildman–Crippen MR) is 126 cm³/mol. The maximum Gasteiger partial charge on any atom is 0.306 e. The number of ketones is 1. The Morgan fingerprint density at radius 1 is 0.943 bits per heavy atom. The fraction of sp³-hybridized carbons (Fsp3) is 0.185. The van der Waals surface area contributed by atoms with Crippen molar-refractivity contribution in [2.45, 2.75) is 26.4 Å². The molecule has 0 amide bonds. The van der Waals surface area contributed by atoms with Crippen LogP contribution in [-0.4, -0.2) is 28.3 Å². The van der Waals surface area contributed by atoms with E-state index < -0.39 is 23.4 Å². The van der Waals surface area contributed by atoms with Gasteiger partial charge in [0, 0.05) is 17.4 Å². The monoisotopic (exact) mass is 476 g/mol. The number of nitrogens with zero attached hydrogens (tertiary/aromatic N) is 2. The van der Waals surface area contributed by atoms with E-state index in [1.54, 1.807) is 25.1 Å². The average molecular weight is 476 g/mol. The molecule has 2 aromatic heterocycles. The van der Waals surface area contributed by atoms with Crippen molar-refractivity contribution >= 4 is 22.7 Å². The summed E-state index contributed by atoms with van der Waals surface area (Å²) in [5, 5.41) is 0.531. The highest BCUT2D eigenvalue weighted by Gasteiger charge is 2.21. The van der Waals surface area contributed by atoms with E-state index in [0.717, 1.165) is 18.0 Å². The van der Waals surface area contributed by atoms with E-state index in [0.29, 0.717) is 5.39 Å². The van der Waals surface area contributed by atoms with Crippen LogP contribution in [0.4, 0.5) is 8.78 Å². The normalized spacial score (nSPS) is 10.8. The van der Waals surface area contributed by atoms with Crippen molar-refractivity contribution in [2.24, 2.45) is 0 Å². The van der Waals surface area contributed by atoms with Crippen molar-refractivity contribution in [3.63, 3.8) is 0 Å². The Morgan fingerprint density at radius 2 is 1.69 bits per heavy atom. The van der Waals surface area contributed by atoms with Crippen molar-refractivity contribution in [1.82, 2.24) is 9.97 Å². The van der Waals surface area contributed by atoms with Crippen LogP contribution in [0, 0.1) is 11.6 Å². The van der Waals surface area contributed by atoms with Crippen molar-refractivity contribution < 1.29 is 27.8 Å². The summed E-state index contributed by atoms with van der Waals surface area (Å²) in [6.45, 7) is 2.07. The zero-order valence-electron chi connectivity index (χ0n) is 19.0. The molecule has 0 radical (unpaired) electrons. The summed E-state index contributed by atoms with van der Waals surface area (Å²) in [5.74, 6) is -2.44. The van der Waals surface area contributed by atoms with Crippen LogP contribution in [-0.2, 0) is 16.1 Å². The Morgan fingerprint density at radius 3 is 2.40 bits per heavy atom. The molecule has 0 aliphatic heterocycles. The minimum atomic E-state index is -0.848. The van der Waals surface area contributed by atoms with Crippen molar-refractivity contribution in [2.75, 3.05) is 6.61 Å². The van der Waals surface area contributed by atoms with Crippen LogP contribution in [0.1, 0.15) is 35.8 Å². The first-order chi connectivity index (χ1) is 17.0. The van der Waals surface area contributed by atoms with Crippen LogP contribution in [0.25, 0.3) is 22.0 Å². The molecule has 178 valence electrons. The Kier molecular flexibility index (Phi) is 7.40. The average Bonchev–Trinajstić information content (AvgIpc) is 2.86. The maximum atomic E-state index is 14.5. The van der Waals surface area contributed by atoms with Crippen LogP contribution < -0.4 is 4.74 Å². The highest BCUT2D eigenvalue weighted by Crippen LogP contribution is 2.34. The third kappa shape index (κ3) is 5.48. The highest BCUT2D eigenvalue weighted by molar-refractivity contribution is 6.03. The van der Waals surface area contributed by atoms with Crippen molar-refractivity contribution in [3.05, 3.63) is 89.9 Å². The molecular weight excluding hydrogens is 454 g/mol. The van der Waals surface area contributed by atoms with Gasteiger partial charge in [-0.2, -0.15) is 0 Å². The fourth-order valence-corrected chi connectivity index (χ4v) is 3.66. The number of halogens is 2. The molecule has 0 atom stereocenters. The Bertz CT molecular complexity index is 1360. The van der Waals surface area contributed by atoms with Gasteiger partial charge in [-0.3, -0.25) is 14.6 Å². The Hall–Kier alpha value is -4.20. The van der Waals surface area contributed by atoms with Gasteiger partial charge in [0.2, 0.25) is 0 Å². The standard InChI is InChI=1S/C27H22F2N2O4/c1-2-34-24(33)12-11-22(32)27-23(35-16-17-7-4-3-5-8-17)13-18-9-6-10-19(26(18)31-27)25-20(28)14-30-15-21(25)29/h3-10,13-15H,2,11-12,16H2,1H3. The molecule has 0 spiro atoms. The Balaban J connectivity index is 1.78. The summed E-state index contributed by atoms with van der Waals surface area (Å²) in [5.41, 5.74) is 0.963. The number of hydrogen-bond donors (Lipinski definition) is 0. The van der Waals surface area contributed by atoms with Crippen molar-refractivity contribution in [3.8, 4) is 16.9 Å². The number of para-hydroxylation sites is 1. The van der Waals surface area contributed by atoms with Gasteiger partial charge in [-0.25, -0.2) is 13.8 Å². The van der Waals surface area contributed by atoms with E-state index in [9.17, 15) is 18.4 Å². The number of rotatable bonds is 9. The lowest BCUT2D eigenvalue weighted by atomic mass is 10.0. The van der Waals surface area contributed by atoms with E-state index in [1.807, 2.05) is 30.3 Å². The second kappa shape index (κ2) is 10.8. The largest absolute Gasteiger partial charge is 0.486 e. The molecule has 8 heteroatoms. The predicted octanol–water partition coefficient (Wildman–Crippen LogP) is 5.68. The van der Waals surface area contributed by atoms with Gasteiger partial charge < -0.3 is 9.47 Å². The molecule has 0 fully saturated rings. The summed E-state index contributed by atoms with van der Waals surface area (Å²) in [4.78, 5) is 32.9. The number of carbonyl (C=O) groups excluding carboxylic acids is 2. The van der Waals surface area contributed by atoms with Gasteiger partial charge in [-0.1, -0.05) is 48.5 Å². The molecule has 0 saturated carbocycles. The van der Waals surface area contributed by atoms with Gasteiger partial charge in [-0.15, -0.1) is 0 Å². The number of carbonyl (C=O) groups is 2. The second-order valence-corrected chi connectivity index (χ2v) is 7.69. The van der Waals surface area contributed by atoms with Crippen molar-refractivity contribution in [1.29, 1.82) is 0 Å². The van der Waals surface area contributed by atoms with Gasteiger partial charge >= 0.3 is 5.97 Å². The second-order valence-electron chi connectivity index (χ2n) is 7.69. The van der Waals surface area contributed by atoms with Crippen LogP contribution in [0.3, 0.4) is 0 Å². The summed E-state index contributed by atoms with van der Waals surface area (Å²) in [7, 11) is 0. The molecule has 4 aromatic rings. The molecule has 0 N–H and O–H groups in total. The minimum Gasteiger partial charge on any atom is -0.486 e. The fourth-order valence-electron chi connectivity index (χ4n) is 3.66. The van der Waals surface area contributed by atoms with Gasteiger partial charge in [0.25, 0.3) is 0 Å². The lowest BCUT2D eigenvalue weighted by Crippen LogP contribution is -2.11. The van der Waals surface area contributed by atoms with Gasteiger partial charge in [-0.05, 0) is 18.6 Å². The highest BCUT2D eigenvalue weighted by atomic mass is 19.1. The quantitative estimate of drug-likeness (QED) is 0.228. The van der Waals surface area contributed by atoms with Crippen LogP contribution in [0.2, 0.25) is 0 Å². The zero-order valence-corrected chi connectivity index (χ0v) is 19.0. The first kappa shape index (κ1) is 23.9. The van der Waals surface area contributed by atoms with E-state index >= 15 is 0 Å². The number of Topliss-reactive ketones (excluding diaryl/α,β-unsaturated/α-hetero) is 1. The third-order valence-electron chi connectivity index (χ3n) is 5.30. The van der Waals surface area contributed by atoms with E-state index in [1.165, 1.54) is 6.07 Å². The summed E-state index contributed by atoms with van der Waals surface area (Å²) < 4.78 is 39.9. The van der Waals surface area contributed by atoms with Gasteiger partial charge in [0.15, 0.2) is 17.4 Å². The molecule has 2 heterocycles. The molecule has 35 heavy (non-hydrogen) atoms. The van der Waals surface area contributed by atoms with Gasteiger partial charge in [0.05, 0.1) is 36.5 Å². The summed E-state index contributed by atoms with van der Waals surface area (Å²) >= 11 is 0. The Labute approximate surface area is 200 Å². The molecule has 4 rings (SSSR count). The van der Waals surface area contributed by atoms with Crippen LogP contribution in [0.15, 0.2) is 67.0 Å². The number of hydrogen-bond acceptors (Lipinski definition) is 6. The number of esters is 1. The molecule has 2 aromatic carbocycles. The first-order valence-corrected chi connectivity index (χ1v) is 11.1. The molecular formula is C27H22F2N2O4.